The number of aromatic nitrogens is 3. The lowest BCUT2D eigenvalue weighted by Crippen LogP contribution is -2.50. The molecule has 0 saturated carbocycles. The predicted molar refractivity (Wildman–Crippen MR) is 61.5 cm³/mol. The van der Waals surface area contributed by atoms with Crippen LogP contribution in [0.5, 0.6) is 0 Å². The molecular formula is C11H14N4O. The zero-order valence-electron chi connectivity index (χ0n) is 9.18. The fourth-order valence-corrected chi connectivity index (χ4v) is 2.17. The van der Waals surface area contributed by atoms with Gasteiger partial charge in [-0.1, -0.05) is 0 Å². The Morgan fingerprint density at radius 2 is 2.50 bits per heavy atom. The molecule has 0 aromatic carbocycles. The van der Waals surface area contributed by atoms with Crippen molar-refractivity contribution in [3.63, 3.8) is 0 Å². The summed E-state index contributed by atoms with van der Waals surface area (Å²) in [7, 11) is 1.74. The highest BCUT2D eigenvalue weighted by atomic mass is 16.5. The monoisotopic (exact) mass is 218 g/mol. The summed E-state index contributed by atoms with van der Waals surface area (Å²) in [5.41, 5.74) is 0.896. The largest absolute Gasteiger partial charge is 0.383 e. The van der Waals surface area contributed by atoms with E-state index in [1.807, 2.05) is 12.3 Å². The van der Waals surface area contributed by atoms with Crippen LogP contribution in [0.15, 0.2) is 18.6 Å². The number of rotatable bonds is 3. The van der Waals surface area contributed by atoms with Crippen LogP contribution in [-0.2, 0) is 4.74 Å². The highest BCUT2D eigenvalue weighted by Crippen LogP contribution is 2.29. The summed E-state index contributed by atoms with van der Waals surface area (Å²) < 4.78 is 5.20. The van der Waals surface area contributed by atoms with Crippen molar-refractivity contribution in [2.75, 3.05) is 25.2 Å². The van der Waals surface area contributed by atoms with E-state index >= 15 is 0 Å². The Kier molecular flexibility index (Phi) is 2.25. The molecule has 1 atom stereocenters. The van der Waals surface area contributed by atoms with E-state index in [9.17, 15) is 0 Å². The van der Waals surface area contributed by atoms with Crippen LogP contribution < -0.4 is 4.90 Å². The number of H-pyrrole nitrogens is 1. The molecule has 16 heavy (non-hydrogen) atoms. The number of fused-ring (bicyclic) bond motifs is 1. The van der Waals surface area contributed by atoms with E-state index in [1.54, 1.807) is 13.4 Å². The van der Waals surface area contributed by atoms with Crippen molar-refractivity contribution in [2.24, 2.45) is 0 Å². The van der Waals surface area contributed by atoms with E-state index < -0.39 is 0 Å². The van der Waals surface area contributed by atoms with Gasteiger partial charge in [-0.05, 0) is 12.5 Å². The van der Waals surface area contributed by atoms with Crippen molar-refractivity contribution in [2.45, 2.75) is 12.5 Å². The van der Waals surface area contributed by atoms with Gasteiger partial charge in [-0.15, -0.1) is 0 Å². The van der Waals surface area contributed by atoms with Gasteiger partial charge in [0.15, 0.2) is 0 Å². The minimum atomic E-state index is 0.456. The summed E-state index contributed by atoms with van der Waals surface area (Å²) in [4.78, 5) is 13.9. The Morgan fingerprint density at radius 3 is 3.25 bits per heavy atom. The van der Waals surface area contributed by atoms with Gasteiger partial charge in [0.05, 0.1) is 18.0 Å². The zero-order valence-corrected chi connectivity index (χ0v) is 9.18. The molecule has 1 saturated heterocycles. The first-order valence-corrected chi connectivity index (χ1v) is 5.44. The normalized spacial score (nSPS) is 20.1. The number of hydrogen-bond acceptors (Lipinski definition) is 4. The average Bonchev–Trinajstić information content (AvgIpc) is 2.73. The highest BCUT2D eigenvalue weighted by Gasteiger charge is 2.30. The second-order valence-electron chi connectivity index (χ2n) is 4.03. The molecule has 5 nitrogen and oxygen atoms in total. The van der Waals surface area contributed by atoms with Gasteiger partial charge in [0.1, 0.15) is 17.8 Å². The van der Waals surface area contributed by atoms with E-state index in [4.69, 9.17) is 4.74 Å². The zero-order chi connectivity index (χ0) is 11.0. The van der Waals surface area contributed by atoms with Crippen LogP contribution in [0, 0.1) is 0 Å². The molecule has 1 aliphatic rings. The van der Waals surface area contributed by atoms with Gasteiger partial charge in [0.2, 0.25) is 0 Å². The van der Waals surface area contributed by atoms with E-state index in [0.717, 1.165) is 30.0 Å². The number of ether oxygens (including phenoxy) is 1. The maximum atomic E-state index is 5.20. The minimum absolute atomic E-state index is 0.456. The van der Waals surface area contributed by atoms with Crippen LogP contribution in [-0.4, -0.2) is 41.3 Å². The van der Waals surface area contributed by atoms with Gasteiger partial charge >= 0.3 is 0 Å². The summed E-state index contributed by atoms with van der Waals surface area (Å²) in [5.74, 6) is 1.01. The van der Waals surface area contributed by atoms with Crippen molar-refractivity contribution in [3.8, 4) is 0 Å². The summed E-state index contributed by atoms with van der Waals surface area (Å²) in [6.07, 6.45) is 4.67. The van der Waals surface area contributed by atoms with Crippen LogP contribution in [0.4, 0.5) is 5.82 Å². The first-order chi connectivity index (χ1) is 7.90. The third-order valence-electron chi connectivity index (χ3n) is 3.11. The summed E-state index contributed by atoms with van der Waals surface area (Å²) in [6.45, 7) is 1.81. The smallest absolute Gasteiger partial charge is 0.142 e. The van der Waals surface area contributed by atoms with E-state index in [1.165, 1.54) is 6.42 Å². The molecule has 1 fully saturated rings. The van der Waals surface area contributed by atoms with Crippen LogP contribution in [0.2, 0.25) is 0 Å². The van der Waals surface area contributed by atoms with Gasteiger partial charge in [0, 0.05) is 19.9 Å². The Balaban J connectivity index is 1.96. The third kappa shape index (κ3) is 1.36. The minimum Gasteiger partial charge on any atom is -0.383 e. The van der Waals surface area contributed by atoms with Crippen LogP contribution in [0.25, 0.3) is 11.0 Å². The summed E-state index contributed by atoms with van der Waals surface area (Å²) in [6, 6.07) is 2.48. The Labute approximate surface area is 93.5 Å². The number of anilines is 1. The lowest BCUT2D eigenvalue weighted by atomic mass is 10.0. The van der Waals surface area contributed by atoms with E-state index in [2.05, 4.69) is 19.9 Å². The second kappa shape index (κ2) is 3.75. The maximum Gasteiger partial charge on any atom is 0.142 e. The number of nitrogens with zero attached hydrogens (tertiary/aromatic N) is 3. The molecule has 1 unspecified atom stereocenters. The maximum absolute atomic E-state index is 5.20. The van der Waals surface area contributed by atoms with Gasteiger partial charge in [-0.2, -0.15) is 0 Å². The molecule has 2 aromatic heterocycles. The molecule has 5 heteroatoms. The van der Waals surface area contributed by atoms with Crippen LogP contribution in [0.3, 0.4) is 0 Å². The SMILES string of the molecule is COCC1CCN1c1ncnc2[nH]ccc12. The molecule has 0 bridgehead atoms. The molecule has 84 valence electrons. The average molecular weight is 218 g/mol. The first kappa shape index (κ1) is 9.59. The molecule has 0 aliphatic carbocycles. The van der Waals surface area contributed by atoms with Crippen molar-refractivity contribution in [3.05, 3.63) is 18.6 Å². The lowest BCUT2D eigenvalue weighted by molar-refractivity contribution is 0.156. The van der Waals surface area contributed by atoms with Crippen LogP contribution >= 0.6 is 0 Å². The summed E-state index contributed by atoms with van der Waals surface area (Å²) >= 11 is 0. The van der Waals surface area contributed by atoms with E-state index in [-0.39, 0.29) is 0 Å². The molecule has 1 N–H and O–H groups in total. The van der Waals surface area contributed by atoms with Gasteiger partial charge in [0.25, 0.3) is 0 Å². The van der Waals surface area contributed by atoms with Crippen molar-refractivity contribution in [1.29, 1.82) is 0 Å². The topological polar surface area (TPSA) is 54.0 Å². The van der Waals surface area contributed by atoms with Crippen molar-refractivity contribution >= 4 is 16.9 Å². The standard InChI is InChI=1S/C11H14N4O/c1-16-6-8-3-5-15(8)11-9-2-4-12-10(9)13-7-14-11/h2,4,7-8H,3,5-6H2,1H3,(H,12,13,14). The van der Waals surface area contributed by atoms with Crippen molar-refractivity contribution in [1.82, 2.24) is 15.0 Å². The Bertz CT molecular complexity index is 495. The molecule has 0 radical (unpaired) electrons. The highest BCUT2D eigenvalue weighted by molar-refractivity contribution is 5.87. The fraction of sp³-hybridized carbons (Fsp3) is 0.455. The lowest BCUT2D eigenvalue weighted by Gasteiger charge is -2.41. The van der Waals surface area contributed by atoms with Gasteiger partial charge in [-0.3, -0.25) is 0 Å². The molecule has 1 aliphatic heterocycles. The molecule has 0 amide bonds. The van der Waals surface area contributed by atoms with E-state index in [0.29, 0.717) is 6.04 Å². The molecule has 3 heterocycles. The second-order valence-corrected chi connectivity index (χ2v) is 4.03. The Hall–Kier alpha value is -1.62. The van der Waals surface area contributed by atoms with Gasteiger partial charge < -0.3 is 14.6 Å². The first-order valence-electron chi connectivity index (χ1n) is 5.44. The van der Waals surface area contributed by atoms with Crippen LogP contribution in [0.1, 0.15) is 6.42 Å². The molecule has 2 aromatic rings. The number of methoxy groups -OCH3 is 1. The van der Waals surface area contributed by atoms with Crippen molar-refractivity contribution < 1.29 is 4.74 Å². The summed E-state index contributed by atoms with van der Waals surface area (Å²) in [5, 5.41) is 1.09. The third-order valence-corrected chi connectivity index (χ3v) is 3.11. The van der Waals surface area contributed by atoms with Gasteiger partial charge in [-0.25, -0.2) is 9.97 Å². The predicted octanol–water partition coefficient (Wildman–Crippen LogP) is 1.18. The fourth-order valence-electron chi connectivity index (χ4n) is 2.17. The quantitative estimate of drug-likeness (QED) is 0.840. The Morgan fingerprint density at radius 1 is 1.56 bits per heavy atom. The number of aromatic amines is 1. The molecule has 3 rings (SSSR count). The number of hydrogen-bond donors (Lipinski definition) is 1. The number of nitrogens with one attached hydrogen (secondary N) is 1. The molecular weight excluding hydrogens is 204 g/mol. The molecule has 0 spiro atoms.